The molecule has 0 saturated heterocycles. The van der Waals surface area contributed by atoms with Crippen LogP contribution in [0.25, 0.3) is 0 Å². The van der Waals surface area contributed by atoms with Crippen molar-refractivity contribution >= 4 is 29.0 Å². The van der Waals surface area contributed by atoms with Gasteiger partial charge in [0.1, 0.15) is 0 Å². The van der Waals surface area contributed by atoms with Crippen molar-refractivity contribution in [1.82, 2.24) is 5.32 Å². The van der Waals surface area contributed by atoms with Crippen molar-refractivity contribution < 1.29 is 4.79 Å². The Morgan fingerprint density at radius 1 is 1.55 bits per heavy atom. The Bertz CT molecular complexity index is 515. The highest BCUT2D eigenvalue weighted by Gasteiger charge is 2.23. The third-order valence-corrected chi connectivity index (χ3v) is 5.53. The van der Waals surface area contributed by atoms with Gasteiger partial charge < -0.3 is 11.1 Å². The molecule has 108 valence electrons. The standard InChI is InChI=1S/C15H20N2OS2/c1-19-13-5-2-4-11(10-13)17-15(18)14-8-7-12(20-14)6-3-9-16/h7-8,11,13H,2,4-5,9-10,16H2,1H3,(H,17,18). The summed E-state index contributed by atoms with van der Waals surface area (Å²) in [5.41, 5.74) is 5.34. The lowest BCUT2D eigenvalue weighted by molar-refractivity contribution is 0.0932. The molecule has 1 heterocycles. The molecule has 2 rings (SSSR count). The number of thioether (sulfide) groups is 1. The minimum atomic E-state index is 0.0301. The van der Waals surface area contributed by atoms with E-state index in [9.17, 15) is 4.79 Å². The van der Waals surface area contributed by atoms with E-state index in [1.165, 1.54) is 24.2 Å². The van der Waals surface area contributed by atoms with Crippen molar-refractivity contribution in [3.63, 3.8) is 0 Å². The van der Waals surface area contributed by atoms with Crippen molar-refractivity contribution in [2.45, 2.75) is 37.0 Å². The molecule has 0 spiro atoms. The number of carbonyl (C=O) groups excluding carboxylic acids is 1. The summed E-state index contributed by atoms with van der Waals surface area (Å²) in [6.45, 7) is 0.345. The Labute approximate surface area is 128 Å². The predicted octanol–water partition coefficient (Wildman–Crippen LogP) is 2.46. The summed E-state index contributed by atoms with van der Waals surface area (Å²) in [5.74, 6) is 5.80. The van der Waals surface area contributed by atoms with E-state index in [1.54, 1.807) is 0 Å². The van der Waals surface area contributed by atoms with E-state index >= 15 is 0 Å². The van der Waals surface area contributed by atoms with E-state index in [-0.39, 0.29) is 5.91 Å². The summed E-state index contributed by atoms with van der Waals surface area (Å²) >= 11 is 3.34. The van der Waals surface area contributed by atoms with Crippen LogP contribution in [0.5, 0.6) is 0 Å². The zero-order chi connectivity index (χ0) is 14.4. The molecule has 1 aliphatic rings. The molecule has 2 unspecified atom stereocenters. The van der Waals surface area contributed by atoms with Gasteiger partial charge in [-0.25, -0.2) is 0 Å². The van der Waals surface area contributed by atoms with Gasteiger partial charge in [0.15, 0.2) is 0 Å². The topological polar surface area (TPSA) is 55.1 Å². The van der Waals surface area contributed by atoms with Gasteiger partial charge in [0.2, 0.25) is 0 Å². The first-order valence-corrected chi connectivity index (χ1v) is 8.95. The Kier molecular flexibility index (Phi) is 5.96. The predicted molar refractivity (Wildman–Crippen MR) is 87.3 cm³/mol. The highest BCUT2D eigenvalue weighted by atomic mass is 32.2. The van der Waals surface area contributed by atoms with Gasteiger partial charge in [-0.2, -0.15) is 11.8 Å². The number of nitrogens with one attached hydrogen (secondary N) is 1. The molecule has 3 N–H and O–H groups in total. The van der Waals surface area contributed by atoms with Gasteiger partial charge >= 0.3 is 0 Å². The third-order valence-electron chi connectivity index (χ3n) is 3.44. The molecule has 1 aliphatic carbocycles. The molecule has 1 amide bonds. The molecule has 1 saturated carbocycles. The van der Waals surface area contributed by atoms with Crippen molar-refractivity contribution in [2.75, 3.05) is 12.8 Å². The fourth-order valence-electron chi connectivity index (χ4n) is 2.41. The van der Waals surface area contributed by atoms with Crippen LogP contribution in [-0.2, 0) is 0 Å². The molecule has 0 radical (unpaired) electrons. The molecule has 3 nitrogen and oxygen atoms in total. The Morgan fingerprint density at radius 2 is 2.40 bits per heavy atom. The number of nitrogens with two attached hydrogens (primary N) is 1. The van der Waals surface area contributed by atoms with Crippen LogP contribution in [0.2, 0.25) is 0 Å². The summed E-state index contributed by atoms with van der Waals surface area (Å²) < 4.78 is 0. The molecule has 1 aromatic heterocycles. The fourth-order valence-corrected chi connectivity index (χ4v) is 4.02. The molecule has 1 aromatic rings. The highest BCUT2D eigenvalue weighted by Crippen LogP contribution is 2.27. The van der Waals surface area contributed by atoms with Gasteiger partial charge in [-0.3, -0.25) is 4.79 Å². The second kappa shape index (κ2) is 7.72. The molecule has 2 atom stereocenters. The first-order chi connectivity index (χ1) is 9.72. The Morgan fingerprint density at radius 3 is 3.15 bits per heavy atom. The average Bonchev–Trinajstić information content (AvgIpc) is 2.94. The van der Waals surface area contributed by atoms with Gasteiger partial charge in [0.25, 0.3) is 5.91 Å². The maximum Gasteiger partial charge on any atom is 0.261 e. The molecule has 20 heavy (non-hydrogen) atoms. The summed E-state index contributed by atoms with van der Waals surface area (Å²) in [5, 5.41) is 3.84. The summed E-state index contributed by atoms with van der Waals surface area (Å²) in [7, 11) is 0. The molecule has 5 heteroatoms. The second-order valence-electron chi connectivity index (χ2n) is 4.86. The monoisotopic (exact) mass is 308 g/mol. The first-order valence-electron chi connectivity index (χ1n) is 6.85. The minimum Gasteiger partial charge on any atom is -0.349 e. The van der Waals surface area contributed by atoms with Crippen molar-refractivity contribution in [1.29, 1.82) is 0 Å². The number of amides is 1. The van der Waals surface area contributed by atoms with Crippen molar-refractivity contribution in [2.24, 2.45) is 5.73 Å². The Hall–Kier alpha value is -0.960. The van der Waals surface area contributed by atoms with Crippen LogP contribution in [0.4, 0.5) is 0 Å². The van der Waals surface area contributed by atoms with Crippen molar-refractivity contribution in [3.05, 3.63) is 21.9 Å². The Balaban J connectivity index is 1.92. The summed E-state index contributed by atoms with van der Waals surface area (Å²) in [6, 6.07) is 4.04. The number of hydrogen-bond acceptors (Lipinski definition) is 4. The van der Waals surface area contributed by atoms with Gasteiger partial charge in [-0.1, -0.05) is 18.3 Å². The average molecular weight is 308 g/mol. The SMILES string of the molecule is CSC1CCCC(NC(=O)c2ccc(C#CCN)s2)C1. The van der Waals surface area contributed by atoms with E-state index in [2.05, 4.69) is 23.4 Å². The zero-order valence-corrected chi connectivity index (χ0v) is 13.3. The van der Waals surface area contributed by atoms with E-state index < -0.39 is 0 Å². The maximum absolute atomic E-state index is 12.2. The van der Waals surface area contributed by atoms with E-state index in [0.717, 1.165) is 22.6 Å². The zero-order valence-electron chi connectivity index (χ0n) is 11.6. The van der Waals surface area contributed by atoms with Crippen LogP contribution in [-0.4, -0.2) is 30.0 Å². The number of rotatable bonds is 3. The summed E-state index contributed by atoms with van der Waals surface area (Å²) in [4.78, 5) is 13.8. The lowest BCUT2D eigenvalue weighted by atomic mass is 9.95. The van der Waals surface area contributed by atoms with Crippen LogP contribution in [0, 0.1) is 11.8 Å². The first kappa shape index (κ1) is 15.4. The fraction of sp³-hybridized carbons (Fsp3) is 0.533. The lowest BCUT2D eigenvalue weighted by Crippen LogP contribution is -2.38. The molecular weight excluding hydrogens is 288 g/mol. The van der Waals surface area contributed by atoms with Crippen LogP contribution in [0.1, 0.15) is 40.2 Å². The van der Waals surface area contributed by atoms with Gasteiger partial charge in [-0.05, 0) is 37.7 Å². The maximum atomic E-state index is 12.2. The molecular formula is C15H20N2OS2. The van der Waals surface area contributed by atoms with Crippen LogP contribution in [0.15, 0.2) is 12.1 Å². The van der Waals surface area contributed by atoms with E-state index in [0.29, 0.717) is 17.8 Å². The van der Waals surface area contributed by atoms with E-state index in [4.69, 9.17) is 5.73 Å². The quantitative estimate of drug-likeness (QED) is 0.843. The van der Waals surface area contributed by atoms with Gasteiger partial charge in [0.05, 0.1) is 16.3 Å². The third kappa shape index (κ3) is 4.27. The van der Waals surface area contributed by atoms with Gasteiger partial charge in [-0.15, -0.1) is 11.3 Å². The summed E-state index contributed by atoms with van der Waals surface area (Å²) in [6.07, 6.45) is 6.79. The van der Waals surface area contributed by atoms with Crippen LogP contribution in [0.3, 0.4) is 0 Å². The van der Waals surface area contributed by atoms with Crippen molar-refractivity contribution in [3.8, 4) is 11.8 Å². The number of hydrogen-bond donors (Lipinski definition) is 2. The van der Waals surface area contributed by atoms with Crippen LogP contribution >= 0.6 is 23.1 Å². The number of carbonyl (C=O) groups is 1. The van der Waals surface area contributed by atoms with Crippen LogP contribution < -0.4 is 11.1 Å². The molecule has 0 bridgehead atoms. The largest absolute Gasteiger partial charge is 0.349 e. The minimum absolute atomic E-state index is 0.0301. The van der Waals surface area contributed by atoms with E-state index in [1.807, 2.05) is 23.9 Å². The number of thiophene rings is 1. The molecule has 0 aromatic carbocycles. The molecule has 0 aliphatic heterocycles. The smallest absolute Gasteiger partial charge is 0.261 e. The lowest BCUT2D eigenvalue weighted by Gasteiger charge is -2.28. The second-order valence-corrected chi connectivity index (χ2v) is 7.09. The highest BCUT2D eigenvalue weighted by molar-refractivity contribution is 7.99. The van der Waals surface area contributed by atoms with Gasteiger partial charge in [0, 0.05) is 11.3 Å². The molecule has 1 fully saturated rings. The normalized spacial score (nSPS) is 21.9.